The second-order valence-electron chi connectivity index (χ2n) is 6.01. The van der Waals surface area contributed by atoms with Crippen molar-refractivity contribution in [2.45, 2.75) is 32.2 Å². The number of hydrogen-bond acceptors (Lipinski definition) is 3. The summed E-state index contributed by atoms with van der Waals surface area (Å²) in [5, 5.41) is 0. The standard InChI is InChI=1S/C19H22N2O2/c1-14-5-6-15(12-18(14)23-2)13-19(22)21-11-3-4-17(21)16-7-9-20-10-8-16/h5-10,12,17H,3-4,11,13H2,1-2H3. The van der Waals surface area contributed by atoms with Gasteiger partial charge in [-0.25, -0.2) is 0 Å². The Morgan fingerprint density at radius 2 is 2.09 bits per heavy atom. The Balaban J connectivity index is 1.75. The smallest absolute Gasteiger partial charge is 0.227 e. The Morgan fingerprint density at radius 1 is 1.30 bits per heavy atom. The molecule has 4 heteroatoms. The van der Waals surface area contributed by atoms with E-state index in [-0.39, 0.29) is 11.9 Å². The minimum absolute atomic E-state index is 0.176. The normalized spacial score (nSPS) is 17.3. The summed E-state index contributed by atoms with van der Waals surface area (Å²) >= 11 is 0. The molecule has 1 unspecified atom stereocenters. The third-order valence-corrected chi connectivity index (χ3v) is 4.49. The molecule has 1 aromatic carbocycles. The number of aromatic nitrogens is 1. The molecular formula is C19H22N2O2. The Kier molecular flexibility index (Phi) is 4.60. The van der Waals surface area contributed by atoms with Crippen LogP contribution in [0.5, 0.6) is 5.75 Å². The van der Waals surface area contributed by atoms with Crippen LogP contribution >= 0.6 is 0 Å². The number of nitrogens with zero attached hydrogens (tertiary/aromatic N) is 2. The molecule has 0 spiro atoms. The number of benzene rings is 1. The van der Waals surface area contributed by atoms with E-state index in [0.29, 0.717) is 6.42 Å². The van der Waals surface area contributed by atoms with Crippen molar-refractivity contribution < 1.29 is 9.53 Å². The molecule has 0 bridgehead atoms. The van der Waals surface area contributed by atoms with E-state index in [0.717, 1.165) is 36.3 Å². The monoisotopic (exact) mass is 310 g/mol. The highest BCUT2D eigenvalue weighted by molar-refractivity contribution is 5.79. The fourth-order valence-corrected chi connectivity index (χ4v) is 3.25. The van der Waals surface area contributed by atoms with Gasteiger partial charge in [-0.1, -0.05) is 12.1 Å². The van der Waals surface area contributed by atoms with Gasteiger partial charge in [0.25, 0.3) is 0 Å². The van der Waals surface area contributed by atoms with Gasteiger partial charge in [-0.3, -0.25) is 9.78 Å². The van der Waals surface area contributed by atoms with Crippen molar-refractivity contribution in [3.63, 3.8) is 0 Å². The molecule has 120 valence electrons. The fraction of sp³-hybridized carbons (Fsp3) is 0.368. The van der Waals surface area contributed by atoms with Gasteiger partial charge in [0, 0.05) is 18.9 Å². The molecule has 23 heavy (non-hydrogen) atoms. The van der Waals surface area contributed by atoms with Gasteiger partial charge >= 0.3 is 0 Å². The van der Waals surface area contributed by atoms with Crippen LogP contribution in [-0.4, -0.2) is 29.4 Å². The van der Waals surface area contributed by atoms with Crippen molar-refractivity contribution in [1.82, 2.24) is 9.88 Å². The summed E-state index contributed by atoms with van der Waals surface area (Å²) in [6, 6.07) is 10.2. The first kappa shape index (κ1) is 15.5. The van der Waals surface area contributed by atoms with Crippen molar-refractivity contribution >= 4 is 5.91 Å². The lowest BCUT2D eigenvalue weighted by Gasteiger charge is -2.25. The molecule has 3 rings (SSSR count). The summed E-state index contributed by atoms with van der Waals surface area (Å²) in [6.07, 6.45) is 6.07. The molecule has 0 N–H and O–H groups in total. The number of carbonyl (C=O) groups is 1. The van der Waals surface area contributed by atoms with Crippen molar-refractivity contribution in [3.8, 4) is 5.75 Å². The van der Waals surface area contributed by atoms with E-state index >= 15 is 0 Å². The largest absolute Gasteiger partial charge is 0.496 e. The Labute approximate surface area is 137 Å². The molecule has 1 aliphatic rings. The summed E-state index contributed by atoms with van der Waals surface area (Å²) < 4.78 is 5.35. The number of ether oxygens (including phenoxy) is 1. The summed E-state index contributed by atoms with van der Waals surface area (Å²) in [6.45, 7) is 2.83. The molecule has 1 atom stereocenters. The van der Waals surface area contributed by atoms with E-state index in [4.69, 9.17) is 4.74 Å². The topological polar surface area (TPSA) is 42.4 Å². The first-order valence-corrected chi connectivity index (χ1v) is 8.02. The van der Waals surface area contributed by atoms with E-state index in [9.17, 15) is 4.79 Å². The molecular weight excluding hydrogens is 288 g/mol. The third kappa shape index (κ3) is 3.36. The van der Waals surface area contributed by atoms with E-state index in [1.807, 2.05) is 42.2 Å². The Bertz CT molecular complexity index is 685. The zero-order valence-electron chi connectivity index (χ0n) is 13.7. The number of rotatable bonds is 4. The highest BCUT2D eigenvalue weighted by Gasteiger charge is 2.29. The van der Waals surface area contributed by atoms with Crippen molar-refractivity contribution in [3.05, 3.63) is 59.4 Å². The Hall–Kier alpha value is -2.36. The molecule has 2 heterocycles. The molecule has 1 fully saturated rings. The highest BCUT2D eigenvalue weighted by atomic mass is 16.5. The number of likely N-dealkylation sites (tertiary alicyclic amines) is 1. The molecule has 0 saturated carbocycles. The molecule has 1 aliphatic heterocycles. The maximum atomic E-state index is 12.8. The van der Waals surface area contributed by atoms with Crippen LogP contribution in [0, 0.1) is 6.92 Å². The molecule has 4 nitrogen and oxygen atoms in total. The molecule has 0 radical (unpaired) electrons. The van der Waals surface area contributed by atoms with Gasteiger partial charge in [0.05, 0.1) is 19.6 Å². The number of hydrogen-bond donors (Lipinski definition) is 0. The van der Waals surface area contributed by atoms with E-state index in [2.05, 4.69) is 4.98 Å². The van der Waals surface area contributed by atoms with Crippen molar-refractivity contribution in [2.24, 2.45) is 0 Å². The Morgan fingerprint density at radius 3 is 2.83 bits per heavy atom. The summed E-state index contributed by atoms with van der Waals surface area (Å²) in [5.74, 6) is 1.01. The van der Waals surface area contributed by atoms with E-state index in [1.165, 1.54) is 5.56 Å². The van der Waals surface area contributed by atoms with Crippen LogP contribution in [-0.2, 0) is 11.2 Å². The molecule has 2 aromatic rings. The average Bonchev–Trinajstić information content (AvgIpc) is 3.07. The predicted octanol–water partition coefficient (Wildman–Crippen LogP) is 3.30. The van der Waals surface area contributed by atoms with Gasteiger partial charge in [-0.15, -0.1) is 0 Å². The number of pyridine rings is 1. The van der Waals surface area contributed by atoms with Crippen LogP contribution < -0.4 is 4.74 Å². The van der Waals surface area contributed by atoms with Gasteiger partial charge in [0.2, 0.25) is 5.91 Å². The number of aryl methyl sites for hydroxylation is 1. The van der Waals surface area contributed by atoms with Gasteiger partial charge < -0.3 is 9.64 Å². The lowest BCUT2D eigenvalue weighted by atomic mass is 10.0. The quantitative estimate of drug-likeness (QED) is 0.870. The number of carbonyl (C=O) groups excluding carboxylic acids is 1. The third-order valence-electron chi connectivity index (χ3n) is 4.49. The summed E-state index contributed by atoms with van der Waals surface area (Å²) in [7, 11) is 1.66. The lowest BCUT2D eigenvalue weighted by Crippen LogP contribution is -2.31. The molecule has 0 aliphatic carbocycles. The second kappa shape index (κ2) is 6.82. The van der Waals surface area contributed by atoms with Crippen LogP contribution in [0.4, 0.5) is 0 Å². The summed E-state index contributed by atoms with van der Waals surface area (Å²) in [5.41, 5.74) is 3.25. The van der Waals surface area contributed by atoms with Crippen LogP contribution in [0.1, 0.15) is 35.6 Å². The maximum absolute atomic E-state index is 12.8. The van der Waals surface area contributed by atoms with Crippen LogP contribution in [0.2, 0.25) is 0 Å². The van der Waals surface area contributed by atoms with Crippen LogP contribution in [0.3, 0.4) is 0 Å². The van der Waals surface area contributed by atoms with E-state index in [1.54, 1.807) is 19.5 Å². The average molecular weight is 310 g/mol. The number of methoxy groups -OCH3 is 1. The number of amides is 1. The second-order valence-corrected chi connectivity index (χ2v) is 6.01. The van der Waals surface area contributed by atoms with Gasteiger partial charge in [-0.05, 0) is 54.7 Å². The minimum Gasteiger partial charge on any atom is -0.496 e. The molecule has 1 aromatic heterocycles. The maximum Gasteiger partial charge on any atom is 0.227 e. The highest BCUT2D eigenvalue weighted by Crippen LogP contribution is 2.32. The minimum atomic E-state index is 0.176. The van der Waals surface area contributed by atoms with Crippen LogP contribution in [0.25, 0.3) is 0 Å². The zero-order chi connectivity index (χ0) is 16.2. The molecule has 1 saturated heterocycles. The summed E-state index contributed by atoms with van der Waals surface area (Å²) in [4.78, 5) is 18.8. The first-order chi connectivity index (χ1) is 11.2. The van der Waals surface area contributed by atoms with Gasteiger partial charge in [-0.2, -0.15) is 0 Å². The lowest BCUT2D eigenvalue weighted by molar-refractivity contribution is -0.131. The SMILES string of the molecule is COc1cc(CC(=O)N2CCCC2c2ccncc2)ccc1C. The van der Waals surface area contributed by atoms with Crippen molar-refractivity contribution in [1.29, 1.82) is 0 Å². The van der Waals surface area contributed by atoms with Crippen molar-refractivity contribution in [2.75, 3.05) is 13.7 Å². The first-order valence-electron chi connectivity index (χ1n) is 8.02. The predicted molar refractivity (Wildman–Crippen MR) is 89.4 cm³/mol. The zero-order valence-corrected chi connectivity index (χ0v) is 13.7. The molecule has 1 amide bonds. The van der Waals surface area contributed by atoms with E-state index < -0.39 is 0 Å². The fourth-order valence-electron chi connectivity index (χ4n) is 3.25. The van der Waals surface area contributed by atoms with Gasteiger partial charge in [0.15, 0.2) is 0 Å². The van der Waals surface area contributed by atoms with Crippen LogP contribution in [0.15, 0.2) is 42.7 Å². The van der Waals surface area contributed by atoms with Gasteiger partial charge in [0.1, 0.15) is 5.75 Å².